The van der Waals surface area contributed by atoms with Gasteiger partial charge in [-0.15, -0.1) is 0 Å². The molecule has 1 nitrogen and oxygen atoms in total. The highest BCUT2D eigenvalue weighted by Gasteiger charge is 2.30. The maximum absolute atomic E-state index is 12.8. The molecule has 21 heavy (non-hydrogen) atoms. The first kappa shape index (κ1) is 13.6. The molecule has 0 saturated carbocycles. The largest absolute Gasteiger partial charge is 0.416 e. The van der Waals surface area contributed by atoms with Crippen LogP contribution in [0.3, 0.4) is 0 Å². The summed E-state index contributed by atoms with van der Waals surface area (Å²) < 4.78 is 38.5. The molecule has 0 radical (unpaired) electrons. The molecule has 0 aliphatic heterocycles. The van der Waals surface area contributed by atoms with Gasteiger partial charge in [0, 0.05) is 16.6 Å². The molecule has 0 bridgehead atoms. The van der Waals surface area contributed by atoms with Crippen LogP contribution in [-0.4, -0.2) is 4.98 Å². The number of rotatable bonds is 1. The number of alkyl halides is 3. The number of nitrogens with zero attached hydrogens (tertiary/aromatic N) is 1. The number of aryl methyl sites for hydroxylation is 1. The van der Waals surface area contributed by atoms with Crippen LogP contribution in [0.2, 0.25) is 0 Å². The Hall–Kier alpha value is -2.36. The Morgan fingerprint density at radius 1 is 0.905 bits per heavy atom. The second-order valence-electron chi connectivity index (χ2n) is 4.89. The Kier molecular flexibility index (Phi) is 3.16. The number of hydrogen-bond acceptors (Lipinski definition) is 1. The molecule has 2 aromatic carbocycles. The zero-order chi connectivity index (χ0) is 15.0. The van der Waals surface area contributed by atoms with Crippen LogP contribution in [0, 0.1) is 6.92 Å². The lowest BCUT2D eigenvalue weighted by molar-refractivity contribution is -0.137. The van der Waals surface area contributed by atoms with Gasteiger partial charge in [0.1, 0.15) is 0 Å². The average Bonchev–Trinajstić information content (AvgIpc) is 2.46. The summed E-state index contributed by atoms with van der Waals surface area (Å²) in [4.78, 5) is 4.48. The molecule has 0 unspecified atom stereocenters. The molecule has 0 spiro atoms. The molecular formula is C17H12F3N. The SMILES string of the molecule is Cc1nc(-c2ccccc2)cc2cc(C(F)(F)F)ccc12. The second-order valence-corrected chi connectivity index (χ2v) is 4.89. The minimum absolute atomic E-state index is 0.552. The van der Waals surface area contributed by atoms with E-state index in [-0.39, 0.29) is 0 Å². The van der Waals surface area contributed by atoms with Crippen LogP contribution >= 0.6 is 0 Å². The third kappa shape index (κ3) is 2.61. The standard InChI is InChI=1S/C17H12F3N/c1-11-15-8-7-14(17(18,19)20)9-13(15)10-16(21-11)12-5-3-2-4-6-12/h2-10H,1H3. The molecule has 106 valence electrons. The summed E-state index contributed by atoms with van der Waals surface area (Å²) in [5.74, 6) is 0. The van der Waals surface area contributed by atoms with E-state index in [1.165, 1.54) is 12.1 Å². The first-order chi connectivity index (χ1) is 9.95. The maximum Gasteiger partial charge on any atom is 0.416 e. The molecule has 0 fully saturated rings. The van der Waals surface area contributed by atoms with Crippen LogP contribution in [0.15, 0.2) is 54.6 Å². The van der Waals surface area contributed by atoms with E-state index in [1.54, 1.807) is 6.07 Å². The first-order valence-electron chi connectivity index (χ1n) is 6.49. The van der Waals surface area contributed by atoms with Crippen molar-refractivity contribution in [1.29, 1.82) is 0 Å². The maximum atomic E-state index is 12.8. The predicted octanol–water partition coefficient (Wildman–Crippen LogP) is 5.23. The quantitative estimate of drug-likeness (QED) is 0.597. The zero-order valence-corrected chi connectivity index (χ0v) is 11.3. The molecule has 0 amide bonds. The van der Waals surface area contributed by atoms with Crippen LogP contribution in [0.5, 0.6) is 0 Å². The van der Waals surface area contributed by atoms with E-state index in [2.05, 4.69) is 4.98 Å². The van der Waals surface area contributed by atoms with Gasteiger partial charge < -0.3 is 0 Å². The fourth-order valence-electron chi connectivity index (χ4n) is 2.37. The lowest BCUT2D eigenvalue weighted by atomic mass is 10.0. The molecule has 3 aromatic rings. The minimum Gasteiger partial charge on any atom is -0.252 e. The van der Waals surface area contributed by atoms with Crippen LogP contribution < -0.4 is 0 Å². The van der Waals surface area contributed by atoms with Crippen LogP contribution in [-0.2, 0) is 6.18 Å². The summed E-state index contributed by atoms with van der Waals surface area (Å²) in [6.07, 6.45) is -4.34. The summed E-state index contributed by atoms with van der Waals surface area (Å²) in [7, 11) is 0. The lowest BCUT2D eigenvalue weighted by Gasteiger charge is -2.10. The van der Waals surface area contributed by atoms with Crippen LogP contribution in [0.25, 0.3) is 22.0 Å². The minimum atomic E-state index is -4.34. The van der Waals surface area contributed by atoms with Crippen molar-refractivity contribution in [2.24, 2.45) is 0 Å². The van der Waals surface area contributed by atoms with E-state index in [0.717, 1.165) is 22.7 Å². The fraction of sp³-hybridized carbons (Fsp3) is 0.118. The molecule has 1 heterocycles. The molecule has 4 heteroatoms. The topological polar surface area (TPSA) is 12.9 Å². The van der Waals surface area contributed by atoms with E-state index in [9.17, 15) is 13.2 Å². The Balaban J connectivity index is 2.22. The van der Waals surface area contributed by atoms with Crippen molar-refractivity contribution in [3.05, 3.63) is 65.9 Å². The predicted molar refractivity (Wildman–Crippen MR) is 76.9 cm³/mol. The van der Waals surface area contributed by atoms with Gasteiger partial charge in [-0.05, 0) is 30.5 Å². The van der Waals surface area contributed by atoms with Crippen molar-refractivity contribution in [3.63, 3.8) is 0 Å². The Bertz CT molecular complexity index is 792. The van der Waals surface area contributed by atoms with E-state index in [1.807, 2.05) is 37.3 Å². The van der Waals surface area contributed by atoms with Gasteiger partial charge in [-0.1, -0.05) is 36.4 Å². The summed E-state index contributed by atoms with van der Waals surface area (Å²) >= 11 is 0. The van der Waals surface area contributed by atoms with Crippen LogP contribution in [0.1, 0.15) is 11.3 Å². The van der Waals surface area contributed by atoms with Crippen molar-refractivity contribution < 1.29 is 13.2 Å². The molecule has 0 N–H and O–H groups in total. The van der Waals surface area contributed by atoms with Gasteiger partial charge in [0.05, 0.1) is 11.3 Å². The van der Waals surface area contributed by atoms with Crippen molar-refractivity contribution >= 4 is 10.8 Å². The highest BCUT2D eigenvalue weighted by atomic mass is 19.4. The number of aromatic nitrogens is 1. The number of halogens is 3. The molecule has 0 saturated heterocycles. The summed E-state index contributed by atoms with van der Waals surface area (Å²) in [6.45, 7) is 1.81. The molecule has 1 aromatic heterocycles. The van der Waals surface area contributed by atoms with Gasteiger partial charge in [-0.3, -0.25) is 4.98 Å². The number of pyridine rings is 1. The third-order valence-electron chi connectivity index (χ3n) is 3.42. The fourth-order valence-corrected chi connectivity index (χ4v) is 2.37. The first-order valence-corrected chi connectivity index (χ1v) is 6.49. The van der Waals surface area contributed by atoms with E-state index in [0.29, 0.717) is 11.1 Å². The summed E-state index contributed by atoms with van der Waals surface area (Å²) in [5, 5.41) is 1.29. The summed E-state index contributed by atoms with van der Waals surface area (Å²) in [6, 6.07) is 14.9. The Labute approximate surface area is 120 Å². The normalized spacial score (nSPS) is 11.8. The van der Waals surface area contributed by atoms with Gasteiger partial charge in [-0.25, -0.2) is 0 Å². The van der Waals surface area contributed by atoms with Crippen molar-refractivity contribution in [1.82, 2.24) is 4.98 Å². The van der Waals surface area contributed by atoms with Gasteiger partial charge in [0.15, 0.2) is 0 Å². The highest BCUT2D eigenvalue weighted by molar-refractivity contribution is 5.88. The van der Waals surface area contributed by atoms with E-state index in [4.69, 9.17) is 0 Å². The smallest absolute Gasteiger partial charge is 0.252 e. The van der Waals surface area contributed by atoms with E-state index < -0.39 is 11.7 Å². The summed E-state index contributed by atoms with van der Waals surface area (Å²) in [5.41, 5.74) is 1.65. The van der Waals surface area contributed by atoms with E-state index >= 15 is 0 Å². The van der Waals surface area contributed by atoms with Gasteiger partial charge in [0.25, 0.3) is 0 Å². The van der Waals surface area contributed by atoms with Gasteiger partial charge in [-0.2, -0.15) is 13.2 Å². The second kappa shape index (κ2) is 4.88. The van der Waals surface area contributed by atoms with Crippen molar-refractivity contribution in [2.75, 3.05) is 0 Å². The Morgan fingerprint density at radius 2 is 1.62 bits per heavy atom. The molecule has 0 aliphatic carbocycles. The highest BCUT2D eigenvalue weighted by Crippen LogP contribution is 2.33. The van der Waals surface area contributed by atoms with Crippen molar-refractivity contribution in [3.8, 4) is 11.3 Å². The van der Waals surface area contributed by atoms with Crippen molar-refractivity contribution in [2.45, 2.75) is 13.1 Å². The van der Waals surface area contributed by atoms with Gasteiger partial charge >= 0.3 is 6.18 Å². The average molecular weight is 287 g/mol. The lowest BCUT2D eigenvalue weighted by Crippen LogP contribution is -2.04. The zero-order valence-electron chi connectivity index (χ0n) is 11.3. The molecule has 0 aliphatic rings. The number of hydrogen-bond donors (Lipinski definition) is 0. The molecule has 0 atom stereocenters. The van der Waals surface area contributed by atoms with Crippen LogP contribution in [0.4, 0.5) is 13.2 Å². The molecular weight excluding hydrogens is 275 g/mol. The molecule has 3 rings (SSSR count). The monoisotopic (exact) mass is 287 g/mol. The third-order valence-corrected chi connectivity index (χ3v) is 3.42. The number of fused-ring (bicyclic) bond motifs is 1. The Morgan fingerprint density at radius 3 is 2.29 bits per heavy atom. The number of benzene rings is 2. The van der Waals surface area contributed by atoms with Gasteiger partial charge in [0.2, 0.25) is 0 Å².